The van der Waals surface area contributed by atoms with Gasteiger partial charge in [-0.05, 0) is 30.2 Å². The molecule has 4 N–H and O–H groups in total. The second kappa shape index (κ2) is 6.58. The van der Waals surface area contributed by atoms with Crippen molar-refractivity contribution < 1.29 is 4.39 Å². The highest BCUT2D eigenvalue weighted by Gasteiger charge is 2.07. The second-order valence-electron chi connectivity index (χ2n) is 3.92. The zero-order valence-electron chi connectivity index (χ0n) is 9.75. The van der Waals surface area contributed by atoms with E-state index in [1.165, 1.54) is 6.07 Å². The van der Waals surface area contributed by atoms with Gasteiger partial charge in [-0.25, -0.2) is 4.39 Å². The van der Waals surface area contributed by atoms with E-state index in [-0.39, 0.29) is 5.82 Å². The van der Waals surface area contributed by atoms with Crippen molar-refractivity contribution in [3.63, 3.8) is 0 Å². The van der Waals surface area contributed by atoms with Crippen molar-refractivity contribution >= 4 is 0 Å². The van der Waals surface area contributed by atoms with E-state index < -0.39 is 0 Å². The molecular formula is C12H20FN3. The third-order valence-electron chi connectivity index (χ3n) is 2.60. The highest BCUT2D eigenvalue weighted by atomic mass is 19.1. The Morgan fingerprint density at radius 1 is 1.19 bits per heavy atom. The van der Waals surface area contributed by atoms with Crippen LogP contribution in [0.1, 0.15) is 11.1 Å². The molecule has 0 unspecified atom stereocenters. The zero-order chi connectivity index (χ0) is 12.0. The van der Waals surface area contributed by atoms with Crippen molar-refractivity contribution in [3.8, 4) is 0 Å². The smallest absolute Gasteiger partial charge is 0.123 e. The fourth-order valence-electron chi connectivity index (χ4n) is 1.69. The lowest BCUT2D eigenvalue weighted by Gasteiger charge is -2.21. The molecule has 0 fully saturated rings. The molecule has 4 heteroatoms. The average molecular weight is 225 g/mol. The van der Waals surface area contributed by atoms with Gasteiger partial charge >= 0.3 is 0 Å². The lowest BCUT2D eigenvalue weighted by molar-refractivity contribution is 0.280. The molecule has 0 saturated heterocycles. The van der Waals surface area contributed by atoms with E-state index in [4.69, 9.17) is 11.5 Å². The van der Waals surface area contributed by atoms with Crippen LogP contribution in [0.15, 0.2) is 18.2 Å². The summed E-state index contributed by atoms with van der Waals surface area (Å²) >= 11 is 0. The van der Waals surface area contributed by atoms with E-state index in [0.717, 1.165) is 24.2 Å². The van der Waals surface area contributed by atoms with E-state index in [9.17, 15) is 4.39 Å². The number of nitrogens with zero attached hydrogens (tertiary/aromatic N) is 1. The molecule has 1 aromatic carbocycles. The molecule has 3 nitrogen and oxygen atoms in total. The molecule has 0 aromatic heterocycles. The van der Waals surface area contributed by atoms with E-state index >= 15 is 0 Å². The summed E-state index contributed by atoms with van der Waals surface area (Å²) in [4.78, 5) is 2.14. The lowest BCUT2D eigenvalue weighted by Crippen LogP contribution is -2.33. The van der Waals surface area contributed by atoms with Crippen LogP contribution in [0.4, 0.5) is 4.39 Å². The highest BCUT2D eigenvalue weighted by Crippen LogP contribution is 2.12. The van der Waals surface area contributed by atoms with Crippen LogP contribution >= 0.6 is 0 Å². The van der Waals surface area contributed by atoms with Crippen molar-refractivity contribution in [3.05, 3.63) is 35.1 Å². The maximum absolute atomic E-state index is 13.1. The van der Waals surface area contributed by atoms with Crippen molar-refractivity contribution in [1.29, 1.82) is 0 Å². The Bertz CT molecular complexity index is 322. The second-order valence-corrected chi connectivity index (χ2v) is 3.92. The van der Waals surface area contributed by atoms with Gasteiger partial charge in [0.2, 0.25) is 0 Å². The van der Waals surface area contributed by atoms with Gasteiger partial charge in [0.1, 0.15) is 5.82 Å². The monoisotopic (exact) mass is 225 g/mol. The molecule has 0 aliphatic carbocycles. The molecule has 1 rings (SSSR count). The van der Waals surface area contributed by atoms with Gasteiger partial charge < -0.3 is 11.5 Å². The minimum atomic E-state index is -0.193. The van der Waals surface area contributed by atoms with Crippen LogP contribution in [0.25, 0.3) is 0 Å². The normalized spacial score (nSPS) is 11.1. The van der Waals surface area contributed by atoms with Crippen LogP contribution < -0.4 is 11.5 Å². The van der Waals surface area contributed by atoms with Gasteiger partial charge in [-0.3, -0.25) is 4.90 Å². The Hall–Kier alpha value is -0.970. The maximum atomic E-state index is 13.1. The summed E-state index contributed by atoms with van der Waals surface area (Å²) in [6.07, 6.45) is 0. The number of aryl methyl sites for hydroxylation is 1. The molecule has 90 valence electrons. The molecule has 0 atom stereocenters. The molecule has 16 heavy (non-hydrogen) atoms. The van der Waals surface area contributed by atoms with Crippen LogP contribution in [-0.2, 0) is 6.54 Å². The van der Waals surface area contributed by atoms with Gasteiger partial charge in [0.25, 0.3) is 0 Å². The van der Waals surface area contributed by atoms with Gasteiger partial charge in [0.05, 0.1) is 0 Å². The summed E-state index contributed by atoms with van der Waals surface area (Å²) in [5.74, 6) is -0.193. The fraction of sp³-hybridized carbons (Fsp3) is 0.500. The standard InChI is InChI=1S/C12H20FN3/c1-10-2-3-12(13)8-11(10)9-16(6-4-14)7-5-15/h2-3,8H,4-7,9,14-15H2,1H3. The van der Waals surface area contributed by atoms with Gasteiger partial charge in [0, 0.05) is 32.7 Å². The predicted octanol–water partition coefficient (Wildman–Crippen LogP) is 0.854. The quantitative estimate of drug-likeness (QED) is 0.755. The molecule has 0 heterocycles. The number of halogens is 1. The largest absolute Gasteiger partial charge is 0.329 e. The van der Waals surface area contributed by atoms with Gasteiger partial charge in [-0.15, -0.1) is 0 Å². The van der Waals surface area contributed by atoms with Crippen molar-refractivity contribution in [2.75, 3.05) is 26.2 Å². The average Bonchev–Trinajstić information content (AvgIpc) is 2.24. The van der Waals surface area contributed by atoms with Crippen molar-refractivity contribution in [2.45, 2.75) is 13.5 Å². The van der Waals surface area contributed by atoms with E-state index in [2.05, 4.69) is 4.90 Å². The minimum absolute atomic E-state index is 0.193. The Morgan fingerprint density at radius 3 is 2.38 bits per heavy atom. The topological polar surface area (TPSA) is 55.3 Å². The minimum Gasteiger partial charge on any atom is -0.329 e. The van der Waals surface area contributed by atoms with Crippen LogP contribution in [0.5, 0.6) is 0 Å². The van der Waals surface area contributed by atoms with Gasteiger partial charge in [0.15, 0.2) is 0 Å². The Labute approximate surface area is 96.2 Å². The van der Waals surface area contributed by atoms with E-state index in [1.807, 2.05) is 6.92 Å². The number of hydrogen-bond donors (Lipinski definition) is 2. The number of hydrogen-bond acceptors (Lipinski definition) is 3. The summed E-state index contributed by atoms with van der Waals surface area (Å²) in [7, 11) is 0. The molecule has 0 radical (unpaired) electrons. The van der Waals surface area contributed by atoms with Crippen LogP contribution in [-0.4, -0.2) is 31.1 Å². The maximum Gasteiger partial charge on any atom is 0.123 e. The molecule has 0 aliphatic heterocycles. The van der Waals surface area contributed by atoms with Crippen LogP contribution in [0.3, 0.4) is 0 Å². The highest BCUT2D eigenvalue weighted by molar-refractivity contribution is 5.26. The first-order valence-electron chi connectivity index (χ1n) is 5.55. The summed E-state index contributed by atoms with van der Waals surface area (Å²) in [6.45, 7) is 5.44. The molecule has 1 aromatic rings. The molecule has 0 spiro atoms. The SMILES string of the molecule is Cc1ccc(F)cc1CN(CCN)CCN. The first kappa shape index (κ1) is 13.1. The lowest BCUT2D eigenvalue weighted by atomic mass is 10.1. The van der Waals surface area contributed by atoms with E-state index in [1.54, 1.807) is 12.1 Å². The van der Waals surface area contributed by atoms with Crippen LogP contribution in [0, 0.1) is 12.7 Å². The summed E-state index contributed by atoms with van der Waals surface area (Å²) in [6, 6.07) is 4.86. The first-order valence-corrected chi connectivity index (χ1v) is 5.55. The van der Waals surface area contributed by atoms with Gasteiger partial charge in [-0.2, -0.15) is 0 Å². The number of nitrogens with two attached hydrogens (primary N) is 2. The number of benzene rings is 1. The van der Waals surface area contributed by atoms with E-state index in [0.29, 0.717) is 19.6 Å². The third-order valence-corrected chi connectivity index (χ3v) is 2.60. The van der Waals surface area contributed by atoms with Crippen LogP contribution in [0.2, 0.25) is 0 Å². The summed E-state index contributed by atoms with van der Waals surface area (Å²) in [5.41, 5.74) is 13.1. The van der Waals surface area contributed by atoms with Crippen molar-refractivity contribution in [1.82, 2.24) is 4.90 Å². The summed E-state index contributed by atoms with van der Waals surface area (Å²) in [5, 5.41) is 0. The zero-order valence-corrected chi connectivity index (χ0v) is 9.75. The molecule has 0 bridgehead atoms. The first-order chi connectivity index (χ1) is 7.67. The molecule has 0 amide bonds. The number of rotatable bonds is 6. The molecule has 0 aliphatic rings. The molecule has 0 saturated carbocycles. The van der Waals surface area contributed by atoms with Gasteiger partial charge in [-0.1, -0.05) is 6.07 Å². The van der Waals surface area contributed by atoms with Crippen molar-refractivity contribution in [2.24, 2.45) is 11.5 Å². The third kappa shape index (κ3) is 3.89. The Balaban J connectivity index is 2.71. The fourth-order valence-corrected chi connectivity index (χ4v) is 1.69. The molecular weight excluding hydrogens is 205 g/mol. The Morgan fingerprint density at radius 2 is 1.81 bits per heavy atom. The summed E-state index contributed by atoms with van der Waals surface area (Å²) < 4.78 is 13.1. The predicted molar refractivity (Wildman–Crippen MR) is 64.5 cm³/mol. The Kier molecular flexibility index (Phi) is 5.38.